The molecule has 0 nitrogen and oxygen atoms in total. The standard InChI is InChI=1S/C17H32/c1-11-13-9-8-12(15(13)17(5,6)7)10-14(11)16(2,3)4/h11-15H,8-10H2,1-7H3. The molecule has 17 heavy (non-hydrogen) atoms. The third-order valence-corrected chi connectivity index (χ3v) is 5.82. The van der Waals surface area contributed by atoms with Crippen LogP contribution in [-0.2, 0) is 0 Å². The molecule has 2 bridgehead atoms. The summed E-state index contributed by atoms with van der Waals surface area (Å²) < 4.78 is 0. The SMILES string of the molecule is CC1C2CCC(CC1C(C)(C)C)C2C(C)(C)C. The van der Waals surface area contributed by atoms with Crippen molar-refractivity contribution in [1.82, 2.24) is 0 Å². The normalized spacial score (nSPS) is 42.9. The van der Waals surface area contributed by atoms with Gasteiger partial charge in [0.05, 0.1) is 0 Å². The summed E-state index contributed by atoms with van der Waals surface area (Å²) in [6, 6.07) is 0. The van der Waals surface area contributed by atoms with Crippen LogP contribution in [-0.4, -0.2) is 0 Å². The molecule has 0 spiro atoms. The van der Waals surface area contributed by atoms with Crippen LogP contribution in [0.5, 0.6) is 0 Å². The first-order valence-corrected chi connectivity index (χ1v) is 7.62. The molecular formula is C17H32. The van der Waals surface area contributed by atoms with Crippen LogP contribution >= 0.6 is 0 Å². The molecule has 0 radical (unpaired) electrons. The largest absolute Gasteiger partial charge is 0.0619 e. The minimum absolute atomic E-state index is 0.503. The van der Waals surface area contributed by atoms with E-state index in [2.05, 4.69) is 48.5 Å². The Hall–Kier alpha value is 0. The van der Waals surface area contributed by atoms with Gasteiger partial charge in [-0.25, -0.2) is 0 Å². The molecule has 0 amide bonds. The maximum absolute atomic E-state index is 2.54. The fourth-order valence-electron chi connectivity index (χ4n) is 5.30. The third-order valence-electron chi connectivity index (χ3n) is 5.82. The summed E-state index contributed by atoms with van der Waals surface area (Å²) in [7, 11) is 0. The van der Waals surface area contributed by atoms with Crippen molar-refractivity contribution in [2.24, 2.45) is 40.4 Å². The summed E-state index contributed by atoms with van der Waals surface area (Å²) in [6.45, 7) is 17.3. The molecule has 5 unspecified atom stereocenters. The lowest BCUT2D eigenvalue weighted by Gasteiger charge is -2.50. The van der Waals surface area contributed by atoms with Gasteiger partial charge in [0.25, 0.3) is 0 Å². The molecule has 2 saturated carbocycles. The van der Waals surface area contributed by atoms with Crippen molar-refractivity contribution < 1.29 is 0 Å². The van der Waals surface area contributed by atoms with Gasteiger partial charge in [0.2, 0.25) is 0 Å². The van der Waals surface area contributed by atoms with Crippen molar-refractivity contribution in [3.8, 4) is 0 Å². The van der Waals surface area contributed by atoms with Crippen molar-refractivity contribution in [3.63, 3.8) is 0 Å². The Balaban J connectivity index is 2.24. The van der Waals surface area contributed by atoms with Gasteiger partial charge in [-0.2, -0.15) is 0 Å². The number of rotatable bonds is 0. The molecule has 100 valence electrons. The third kappa shape index (κ3) is 2.29. The summed E-state index contributed by atoms with van der Waals surface area (Å²) in [4.78, 5) is 0. The van der Waals surface area contributed by atoms with E-state index >= 15 is 0 Å². The second-order valence-electron chi connectivity index (χ2n) is 8.96. The van der Waals surface area contributed by atoms with Gasteiger partial charge >= 0.3 is 0 Å². The zero-order chi connectivity index (χ0) is 13.0. The molecule has 2 aliphatic rings. The second kappa shape index (κ2) is 4.00. The number of fused-ring (bicyclic) bond motifs is 2. The molecule has 0 N–H and O–H groups in total. The Morgan fingerprint density at radius 3 is 1.88 bits per heavy atom. The summed E-state index contributed by atoms with van der Waals surface area (Å²) in [6.07, 6.45) is 4.49. The molecule has 0 heteroatoms. The number of hydrogen-bond acceptors (Lipinski definition) is 0. The van der Waals surface area contributed by atoms with Crippen molar-refractivity contribution in [3.05, 3.63) is 0 Å². The van der Waals surface area contributed by atoms with Crippen LogP contribution in [0.25, 0.3) is 0 Å². The van der Waals surface area contributed by atoms with E-state index in [1.807, 2.05) is 0 Å². The molecule has 2 fully saturated rings. The molecule has 5 atom stereocenters. The van der Waals surface area contributed by atoms with Gasteiger partial charge in [0, 0.05) is 0 Å². The molecule has 2 aliphatic carbocycles. The fraction of sp³-hybridized carbons (Fsp3) is 1.00. The van der Waals surface area contributed by atoms with E-state index in [9.17, 15) is 0 Å². The fourth-order valence-corrected chi connectivity index (χ4v) is 5.30. The zero-order valence-electron chi connectivity index (χ0n) is 13.0. The minimum Gasteiger partial charge on any atom is -0.0619 e. The van der Waals surface area contributed by atoms with Gasteiger partial charge in [-0.3, -0.25) is 0 Å². The quantitative estimate of drug-likeness (QED) is 0.530. The maximum atomic E-state index is 2.54. The monoisotopic (exact) mass is 236 g/mol. The lowest BCUT2D eigenvalue weighted by atomic mass is 9.55. The highest BCUT2D eigenvalue weighted by atomic mass is 14.6. The average Bonchev–Trinajstić information content (AvgIpc) is 2.47. The van der Waals surface area contributed by atoms with E-state index in [0.717, 1.165) is 29.6 Å². The molecule has 2 rings (SSSR count). The van der Waals surface area contributed by atoms with E-state index in [1.54, 1.807) is 0 Å². The van der Waals surface area contributed by atoms with E-state index in [1.165, 1.54) is 19.3 Å². The van der Waals surface area contributed by atoms with Crippen LogP contribution in [0.1, 0.15) is 67.7 Å². The van der Waals surface area contributed by atoms with Gasteiger partial charge in [-0.1, -0.05) is 48.5 Å². The van der Waals surface area contributed by atoms with Crippen LogP contribution in [0.15, 0.2) is 0 Å². The second-order valence-corrected chi connectivity index (χ2v) is 8.96. The highest BCUT2D eigenvalue weighted by Crippen LogP contribution is 2.60. The molecule has 0 aromatic heterocycles. The Kier molecular flexibility index (Phi) is 3.16. The molecule has 0 aliphatic heterocycles. The van der Waals surface area contributed by atoms with E-state index in [-0.39, 0.29) is 0 Å². The predicted octanol–water partition coefficient (Wildman–Crippen LogP) is 5.38. The van der Waals surface area contributed by atoms with E-state index < -0.39 is 0 Å². The van der Waals surface area contributed by atoms with Gasteiger partial charge in [-0.15, -0.1) is 0 Å². The summed E-state index contributed by atoms with van der Waals surface area (Å²) in [5.41, 5.74) is 1.02. The average molecular weight is 236 g/mol. The van der Waals surface area contributed by atoms with Crippen molar-refractivity contribution in [1.29, 1.82) is 0 Å². The van der Waals surface area contributed by atoms with E-state index in [4.69, 9.17) is 0 Å². The van der Waals surface area contributed by atoms with Crippen molar-refractivity contribution in [2.45, 2.75) is 67.7 Å². The van der Waals surface area contributed by atoms with Gasteiger partial charge < -0.3 is 0 Å². The van der Waals surface area contributed by atoms with Gasteiger partial charge in [0.1, 0.15) is 0 Å². The first-order chi connectivity index (χ1) is 7.62. The van der Waals surface area contributed by atoms with Crippen LogP contribution in [0.2, 0.25) is 0 Å². The van der Waals surface area contributed by atoms with Crippen LogP contribution in [0, 0.1) is 40.4 Å². The Morgan fingerprint density at radius 2 is 1.41 bits per heavy atom. The van der Waals surface area contributed by atoms with Crippen LogP contribution < -0.4 is 0 Å². The van der Waals surface area contributed by atoms with Crippen molar-refractivity contribution in [2.75, 3.05) is 0 Å². The lowest BCUT2D eigenvalue weighted by molar-refractivity contribution is -0.0148. The Morgan fingerprint density at radius 1 is 0.824 bits per heavy atom. The Labute approximate surface area is 109 Å². The lowest BCUT2D eigenvalue weighted by Crippen LogP contribution is -2.43. The summed E-state index contributed by atoms with van der Waals surface area (Å²) in [5, 5.41) is 0. The topological polar surface area (TPSA) is 0 Å². The molecule has 0 heterocycles. The van der Waals surface area contributed by atoms with Crippen LogP contribution in [0.3, 0.4) is 0 Å². The molecule has 0 saturated heterocycles. The number of hydrogen-bond donors (Lipinski definition) is 0. The van der Waals surface area contributed by atoms with Gasteiger partial charge in [0.15, 0.2) is 0 Å². The molecule has 0 aromatic rings. The highest BCUT2D eigenvalue weighted by Gasteiger charge is 2.52. The minimum atomic E-state index is 0.503. The first-order valence-electron chi connectivity index (χ1n) is 7.62. The maximum Gasteiger partial charge on any atom is -0.0306 e. The smallest absolute Gasteiger partial charge is 0.0306 e. The molecular weight excluding hydrogens is 204 g/mol. The zero-order valence-corrected chi connectivity index (χ0v) is 13.0. The van der Waals surface area contributed by atoms with Crippen molar-refractivity contribution >= 4 is 0 Å². The van der Waals surface area contributed by atoms with E-state index in [0.29, 0.717) is 10.8 Å². The Bertz CT molecular complexity index is 275. The predicted molar refractivity (Wildman–Crippen MR) is 75.9 cm³/mol. The van der Waals surface area contributed by atoms with Gasteiger partial charge in [-0.05, 0) is 59.7 Å². The molecule has 0 aromatic carbocycles. The van der Waals surface area contributed by atoms with Crippen LogP contribution in [0.4, 0.5) is 0 Å². The first kappa shape index (κ1) is 13.4. The summed E-state index contributed by atoms with van der Waals surface area (Å²) in [5.74, 6) is 4.87. The highest BCUT2D eigenvalue weighted by molar-refractivity contribution is 5.01. The summed E-state index contributed by atoms with van der Waals surface area (Å²) >= 11 is 0.